The number of nitrogens with zero attached hydrogens (tertiary/aromatic N) is 2. The fourth-order valence-corrected chi connectivity index (χ4v) is 3.96. The topological polar surface area (TPSA) is 42.0 Å². The standard InChI is InChI=1S/C24H36N2O3/c1-4-12-22(15-9-10-18-29-19-21-13-7-6-8-14-21)26(24(27)5-2)25-17-11-16-23(25)20-28-3/h4-8,13-14,22-23H,1-2,9-12,15-20H2,3H3/t22-,23+/m1/s1. The molecule has 1 heterocycles. The van der Waals surface area contributed by atoms with Crippen LogP contribution in [0.3, 0.4) is 0 Å². The van der Waals surface area contributed by atoms with Crippen molar-refractivity contribution in [1.82, 2.24) is 10.0 Å². The fourth-order valence-electron chi connectivity index (χ4n) is 3.96. The summed E-state index contributed by atoms with van der Waals surface area (Å²) in [5, 5.41) is 4.10. The zero-order chi connectivity index (χ0) is 20.9. The number of carbonyl (C=O) groups excluding carboxylic acids is 1. The van der Waals surface area contributed by atoms with Crippen LogP contribution in [0.2, 0.25) is 0 Å². The molecule has 160 valence electrons. The lowest BCUT2D eigenvalue weighted by molar-refractivity contribution is -0.154. The first-order chi connectivity index (χ1) is 14.2. The zero-order valence-electron chi connectivity index (χ0n) is 17.8. The van der Waals surface area contributed by atoms with Crippen LogP contribution in [0.5, 0.6) is 0 Å². The molecule has 0 N–H and O–H groups in total. The molecule has 1 amide bonds. The SMILES string of the molecule is C=CC[C@H](CCCCOCc1ccccc1)N(C(=O)C=C)N1CCC[C@H]1COC. The van der Waals surface area contributed by atoms with Crippen molar-refractivity contribution in [2.75, 3.05) is 26.9 Å². The second-order valence-corrected chi connectivity index (χ2v) is 7.51. The molecule has 1 aromatic carbocycles. The summed E-state index contributed by atoms with van der Waals surface area (Å²) in [6, 6.07) is 10.5. The Morgan fingerprint density at radius 1 is 1.31 bits per heavy atom. The Labute approximate surface area is 175 Å². The number of hydrogen-bond donors (Lipinski definition) is 0. The van der Waals surface area contributed by atoms with E-state index >= 15 is 0 Å². The third-order valence-corrected chi connectivity index (χ3v) is 5.35. The van der Waals surface area contributed by atoms with Crippen LogP contribution in [-0.2, 0) is 20.9 Å². The number of ether oxygens (including phenoxy) is 2. The van der Waals surface area contributed by atoms with Crippen molar-refractivity contribution in [3.05, 3.63) is 61.2 Å². The van der Waals surface area contributed by atoms with Crippen LogP contribution in [0.25, 0.3) is 0 Å². The minimum Gasteiger partial charge on any atom is -0.383 e. The van der Waals surface area contributed by atoms with E-state index in [1.54, 1.807) is 7.11 Å². The molecule has 2 rings (SSSR count). The van der Waals surface area contributed by atoms with E-state index in [9.17, 15) is 4.79 Å². The number of benzene rings is 1. The van der Waals surface area contributed by atoms with Crippen LogP contribution in [-0.4, -0.2) is 54.9 Å². The summed E-state index contributed by atoms with van der Waals surface area (Å²) in [5.74, 6) is -0.0415. The maximum atomic E-state index is 12.7. The molecule has 1 fully saturated rings. The molecular formula is C24H36N2O3. The van der Waals surface area contributed by atoms with Gasteiger partial charge in [-0.1, -0.05) is 43.0 Å². The van der Waals surface area contributed by atoms with E-state index in [-0.39, 0.29) is 18.0 Å². The summed E-state index contributed by atoms with van der Waals surface area (Å²) < 4.78 is 11.2. The number of amides is 1. The number of unbranched alkanes of at least 4 members (excludes halogenated alkanes) is 1. The Hall–Kier alpha value is -1.95. The van der Waals surface area contributed by atoms with Gasteiger partial charge in [0.05, 0.1) is 25.3 Å². The number of rotatable bonds is 14. The van der Waals surface area contributed by atoms with Crippen LogP contribution in [0.4, 0.5) is 0 Å². The predicted molar refractivity (Wildman–Crippen MR) is 117 cm³/mol. The van der Waals surface area contributed by atoms with E-state index in [2.05, 4.69) is 30.3 Å². The van der Waals surface area contributed by atoms with Crippen molar-refractivity contribution in [3.63, 3.8) is 0 Å². The van der Waals surface area contributed by atoms with Gasteiger partial charge in [-0.15, -0.1) is 6.58 Å². The Balaban J connectivity index is 1.87. The van der Waals surface area contributed by atoms with Crippen LogP contribution >= 0.6 is 0 Å². The molecule has 1 saturated heterocycles. The molecule has 0 radical (unpaired) electrons. The normalized spacial score (nSPS) is 17.8. The maximum absolute atomic E-state index is 12.7. The summed E-state index contributed by atoms with van der Waals surface area (Å²) in [5.41, 5.74) is 1.19. The Bertz CT molecular complexity index is 620. The molecule has 0 bridgehead atoms. The van der Waals surface area contributed by atoms with Gasteiger partial charge in [-0.2, -0.15) is 0 Å². The lowest BCUT2D eigenvalue weighted by atomic mass is 10.1. The molecule has 1 aliphatic heterocycles. The summed E-state index contributed by atoms with van der Waals surface area (Å²) in [6.07, 6.45) is 9.08. The lowest BCUT2D eigenvalue weighted by Gasteiger charge is -2.40. The van der Waals surface area contributed by atoms with Gasteiger partial charge in [0, 0.05) is 20.3 Å². The molecule has 0 spiro atoms. The second kappa shape index (κ2) is 13.3. The molecule has 5 heteroatoms. The number of hydrogen-bond acceptors (Lipinski definition) is 4. The first-order valence-electron chi connectivity index (χ1n) is 10.6. The van der Waals surface area contributed by atoms with Gasteiger partial charge in [-0.25, -0.2) is 5.01 Å². The molecule has 0 aromatic heterocycles. The highest BCUT2D eigenvalue weighted by atomic mass is 16.5. The summed E-state index contributed by atoms with van der Waals surface area (Å²) in [6.45, 7) is 10.5. The van der Waals surface area contributed by atoms with Crippen molar-refractivity contribution >= 4 is 5.91 Å². The molecule has 0 aliphatic carbocycles. The van der Waals surface area contributed by atoms with Crippen LogP contribution in [0.1, 0.15) is 44.1 Å². The third kappa shape index (κ3) is 7.42. The largest absolute Gasteiger partial charge is 0.383 e. The Morgan fingerprint density at radius 3 is 2.79 bits per heavy atom. The molecule has 0 unspecified atom stereocenters. The van der Waals surface area contributed by atoms with Crippen molar-refractivity contribution in [3.8, 4) is 0 Å². The molecule has 2 atom stereocenters. The number of methoxy groups -OCH3 is 1. The third-order valence-electron chi connectivity index (χ3n) is 5.35. The first-order valence-corrected chi connectivity index (χ1v) is 10.6. The highest BCUT2D eigenvalue weighted by Crippen LogP contribution is 2.25. The molecular weight excluding hydrogens is 364 g/mol. The summed E-state index contributed by atoms with van der Waals surface area (Å²) in [4.78, 5) is 12.7. The quantitative estimate of drug-likeness (QED) is 0.264. The van der Waals surface area contributed by atoms with Crippen molar-refractivity contribution in [2.24, 2.45) is 0 Å². The minimum absolute atomic E-state index is 0.0415. The van der Waals surface area contributed by atoms with E-state index in [0.717, 1.165) is 51.7 Å². The van der Waals surface area contributed by atoms with Gasteiger partial charge >= 0.3 is 0 Å². The van der Waals surface area contributed by atoms with Crippen molar-refractivity contribution in [1.29, 1.82) is 0 Å². The molecule has 1 aliphatic rings. The van der Waals surface area contributed by atoms with Gasteiger partial charge in [-0.05, 0) is 50.2 Å². The lowest BCUT2D eigenvalue weighted by Crippen LogP contribution is -2.54. The number of hydrazine groups is 1. The molecule has 29 heavy (non-hydrogen) atoms. The maximum Gasteiger partial charge on any atom is 0.260 e. The van der Waals surface area contributed by atoms with Gasteiger partial charge in [0.25, 0.3) is 5.91 Å². The van der Waals surface area contributed by atoms with E-state index in [1.807, 2.05) is 29.3 Å². The van der Waals surface area contributed by atoms with Gasteiger partial charge in [0.15, 0.2) is 0 Å². The molecule has 0 saturated carbocycles. The highest BCUT2D eigenvalue weighted by Gasteiger charge is 2.35. The Kier molecular flexibility index (Phi) is 10.7. The zero-order valence-corrected chi connectivity index (χ0v) is 17.8. The first kappa shape index (κ1) is 23.3. The number of carbonyl (C=O) groups is 1. The van der Waals surface area contributed by atoms with Crippen LogP contribution in [0, 0.1) is 0 Å². The molecule has 5 nitrogen and oxygen atoms in total. The summed E-state index contributed by atoms with van der Waals surface area (Å²) >= 11 is 0. The monoisotopic (exact) mass is 400 g/mol. The van der Waals surface area contributed by atoms with Gasteiger partial charge in [-0.3, -0.25) is 9.80 Å². The van der Waals surface area contributed by atoms with E-state index in [4.69, 9.17) is 9.47 Å². The van der Waals surface area contributed by atoms with E-state index < -0.39 is 0 Å². The average molecular weight is 401 g/mol. The Morgan fingerprint density at radius 2 is 2.10 bits per heavy atom. The van der Waals surface area contributed by atoms with Gasteiger partial charge in [0.2, 0.25) is 0 Å². The summed E-state index contributed by atoms with van der Waals surface area (Å²) in [7, 11) is 1.72. The van der Waals surface area contributed by atoms with Crippen molar-refractivity contribution in [2.45, 2.75) is 57.2 Å². The smallest absolute Gasteiger partial charge is 0.260 e. The highest BCUT2D eigenvalue weighted by molar-refractivity contribution is 5.86. The predicted octanol–water partition coefficient (Wildman–Crippen LogP) is 4.36. The minimum atomic E-state index is -0.0415. The van der Waals surface area contributed by atoms with Crippen LogP contribution < -0.4 is 0 Å². The van der Waals surface area contributed by atoms with Gasteiger partial charge in [0.1, 0.15) is 0 Å². The van der Waals surface area contributed by atoms with E-state index in [0.29, 0.717) is 13.2 Å². The van der Waals surface area contributed by atoms with E-state index in [1.165, 1.54) is 11.6 Å². The second-order valence-electron chi connectivity index (χ2n) is 7.51. The van der Waals surface area contributed by atoms with Crippen LogP contribution in [0.15, 0.2) is 55.6 Å². The van der Waals surface area contributed by atoms with Gasteiger partial charge < -0.3 is 9.47 Å². The fraction of sp³-hybridized carbons (Fsp3) is 0.542. The average Bonchev–Trinajstić information content (AvgIpc) is 3.19. The van der Waals surface area contributed by atoms with Crippen molar-refractivity contribution < 1.29 is 14.3 Å². The molecule has 1 aromatic rings.